The Hall–Kier alpha value is -3.66. The third-order valence-electron chi connectivity index (χ3n) is 4.67. The van der Waals surface area contributed by atoms with E-state index >= 15 is 0 Å². The van der Waals surface area contributed by atoms with Crippen LogP contribution in [0.3, 0.4) is 0 Å². The first-order valence-corrected chi connectivity index (χ1v) is 9.02. The number of carbonyl (C=O) groups excluding carboxylic acids is 2. The molecule has 3 heterocycles. The van der Waals surface area contributed by atoms with Gasteiger partial charge in [0.15, 0.2) is 5.88 Å². The lowest BCUT2D eigenvalue weighted by Crippen LogP contribution is -2.35. The Labute approximate surface area is 165 Å². The Morgan fingerprint density at radius 1 is 1.10 bits per heavy atom. The summed E-state index contributed by atoms with van der Waals surface area (Å²) in [6.45, 7) is 2.72. The van der Waals surface area contributed by atoms with Crippen LogP contribution >= 0.6 is 0 Å². The van der Waals surface area contributed by atoms with Gasteiger partial charge in [0.1, 0.15) is 11.5 Å². The van der Waals surface area contributed by atoms with Crippen LogP contribution < -0.4 is 10.2 Å². The number of ether oxygens (including phenoxy) is 1. The largest absolute Gasteiger partial charge is 0.441 e. The molecule has 2 aliphatic heterocycles. The smallest absolute Gasteiger partial charge is 0.329 e. The highest BCUT2D eigenvalue weighted by molar-refractivity contribution is 6.13. The highest BCUT2D eigenvalue weighted by Gasteiger charge is 2.33. The topological polar surface area (TPSA) is 118 Å². The van der Waals surface area contributed by atoms with E-state index in [1.54, 1.807) is 6.07 Å². The van der Waals surface area contributed by atoms with Crippen LogP contribution in [0.1, 0.15) is 11.3 Å². The van der Waals surface area contributed by atoms with Crippen molar-refractivity contribution in [3.63, 3.8) is 0 Å². The predicted molar refractivity (Wildman–Crippen MR) is 102 cm³/mol. The normalized spacial score (nSPS) is 18.4. The summed E-state index contributed by atoms with van der Waals surface area (Å²) < 4.78 is 11.1. The van der Waals surface area contributed by atoms with E-state index < -0.39 is 16.9 Å². The molecule has 0 saturated carbocycles. The van der Waals surface area contributed by atoms with Crippen molar-refractivity contribution in [2.45, 2.75) is 6.54 Å². The summed E-state index contributed by atoms with van der Waals surface area (Å²) in [6.07, 6.45) is 1.49. The molecule has 1 aromatic carbocycles. The highest BCUT2D eigenvalue weighted by atomic mass is 16.6. The molecule has 2 aliphatic rings. The van der Waals surface area contributed by atoms with Gasteiger partial charge in [0.25, 0.3) is 11.6 Å². The van der Waals surface area contributed by atoms with Crippen molar-refractivity contribution >= 4 is 29.6 Å². The third kappa shape index (κ3) is 3.97. The lowest BCUT2D eigenvalue weighted by atomic mass is 10.2. The average Bonchev–Trinajstić information content (AvgIpc) is 3.30. The standard InChI is InChI=1S/C19H18N4O6/c24-18-16(11-15-5-6-17(29-15)21-7-9-28-10-8-21)20-19(25)22(18)12-13-1-3-14(4-2-13)23(26)27/h1-6,11H,7-10,12H2,(H,20,25)/b16-11-. The molecule has 150 valence electrons. The van der Waals surface area contributed by atoms with Gasteiger partial charge in [0.05, 0.1) is 24.7 Å². The molecule has 29 heavy (non-hydrogen) atoms. The van der Waals surface area contributed by atoms with Crippen LogP contribution in [0.25, 0.3) is 6.08 Å². The second-order valence-corrected chi connectivity index (χ2v) is 6.58. The number of nitro groups is 1. The maximum Gasteiger partial charge on any atom is 0.329 e. The molecule has 10 nitrogen and oxygen atoms in total. The van der Waals surface area contributed by atoms with Gasteiger partial charge in [-0.05, 0) is 11.6 Å². The van der Waals surface area contributed by atoms with Crippen LogP contribution in [0.15, 0.2) is 46.5 Å². The summed E-state index contributed by atoms with van der Waals surface area (Å²) in [5, 5.41) is 13.3. The van der Waals surface area contributed by atoms with Crippen LogP contribution in [0, 0.1) is 10.1 Å². The quantitative estimate of drug-likeness (QED) is 0.355. The number of furan rings is 1. The number of anilines is 1. The zero-order valence-corrected chi connectivity index (χ0v) is 15.4. The van der Waals surface area contributed by atoms with E-state index in [0.717, 1.165) is 18.0 Å². The summed E-state index contributed by atoms with van der Waals surface area (Å²) in [5.41, 5.74) is 0.660. The molecule has 10 heteroatoms. The number of benzene rings is 1. The minimum atomic E-state index is -0.556. The van der Waals surface area contributed by atoms with Crippen LogP contribution in [-0.2, 0) is 16.1 Å². The molecule has 0 radical (unpaired) electrons. The molecule has 0 aliphatic carbocycles. The van der Waals surface area contributed by atoms with Crippen molar-refractivity contribution < 1.29 is 23.7 Å². The Morgan fingerprint density at radius 3 is 2.52 bits per heavy atom. The van der Waals surface area contributed by atoms with Gasteiger partial charge >= 0.3 is 6.03 Å². The highest BCUT2D eigenvalue weighted by Crippen LogP contribution is 2.23. The van der Waals surface area contributed by atoms with E-state index in [1.807, 2.05) is 11.0 Å². The minimum absolute atomic E-state index is 0.0111. The lowest BCUT2D eigenvalue weighted by molar-refractivity contribution is -0.384. The zero-order valence-electron chi connectivity index (χ0n) is 15.4. The van der Waals surface area contributed by atoms with Gasteiger partial charge in [-0.25, -0.2) is 4.79 Å². The second-order valence-electron chi connectivity index (χ2n) is 6.58. The first kappa shape index (κ1) is 18.7. The molecular formula is C19H18N4O6. The zero-order chi connectivity index (χ0) is 20.4. The molecule has 2 fully saturated rings. The van der Waals surface area contributed by atoms with Gasteiger partial charge in [-0.15, -0.1) is 0 Å². The van der Waals surface area contributed by atoms with Gasteiger partial charge in [-0.2, -0.15) is 0 Å². The molecule has 4 rings (SSSR count). The van der Waals surface area contributed by atoms with Gasteiger partial charge in [-0.3, -0.25) is 19.8 Å². The summed E-state index contributed by atoms with van der Waals surface area (Å²) in [4.78, 5) is 38.1. The number of nitro benzene ring substituents is 1. The van der Waals surface area contributed by atoms with Crippen LogP contribution in [0.4, 0.5) is 16.4 Å². The molecule has 0 spiro atoms. The van der Waals surface area contributed by atoms with E-state index in [4.69, 9.17) is 9.15 Å². The Morgan fingerprint density at radius 2 is 1.83 bits per heavy atom. The Balaban J connectivity index is 1.46. The monoisotopic (exact) mass is 398 g/mol. The van der Waals surface area contributed by atoms with E-state index in [9.17, 15) is 19.7 Å². The molecule has 0 bridgehead atoms. The molecular weight excluding hydrogens is 380 g/mol. The summed E-state index contributed by atoms with van der Waals surface area (Å²) >= 11 is 0. The van der Waals surface area contributed by atoms with Crippen molar-refractivity contribution in [3.8, 4) is 0 Å². The molecule has 2 saturated heterocycles. The third-order valence-corrected chi connectivity index (χ3v) is 4.67. The van der Waals surface area contributed by atoms with Gasteiger partial charge < -0.3 is 19.4 Å². The predicted octanol–water partition coefficient (Wildman–Crippen LogP) is 2.12. The molecule has 1 aromatic heterocycles. The number of hydrogen-bond acceptors (Lipinski definition) is 7. The number of rotatable bonds is 5. The first-order chi connectivity index (χ1) is 14.0. The van der Waals surface area contributed by atoms with Gasteiger partial charge in [0.2, 0.25) is 0 Å². The summed E-state index contributed by atoms with van der Waals surface area (Å²) in [6, 6.07) is 8.69. The number of amides is 3. The number of morpholine rings is 1. The number of non-ortho nitro benzene ring substituents is 1. The van der Waals surface area contributed by atoms with Crippen molar-refractivity contribution in [1.82, 2.24) is 10.2 Å². The molecule has 0 unspecified atom stereocenters. The average molecular weight is 398 g/mol. The minimum Gasteiger partial charge on any atom is -0.441 e. The van der Waals surface area contributed by atoms with Crippen LogP contribution in [-0.4, -0.2) is 48.1 Å². The second kappa shape index (κ2) is 7.76. The molecule has 1 N–H and O–H groups in total. The lowest BCUT2D eigenvalue weighted by Gasteiger charge is -2.26. The fourth-order valence-electron chi connectivity index (χ4n) is 3.14. The maximum atomic E-state index is 12.6. The Kier molecular flexibility index (Phi) is 5.00. The molecule has 0 atom stereocenters. The summed E-state index contributed by atoms with van der Waals surface area (Å²) in [5.74, 6) is 0.643. The number of hydrogen-bond donors (Lipinski definition) is 1. The Bertz CT molecular complexity index is 975. The van der Waals surface area contributed by atoms with Crippen molar-refractivity contribution in [3.05, 3.63) is 63.5 Å². The maximum absolute atomic E-state index is 12.6. The number of imide groups is 1. The van der Waals surface area contributed by atoms with Gasteiger partial charge in [0, 0.05) is 37.4 Å². The first-order valence-electron chi connectivity index (χ1n) is 9.02. The molecule has 3 amide bonds. The summed E-state index contributed by atoms with van der Waals surface area (Å²) in [7, 11) is 0. The number of nitrogens with zero attached hydrogens (tertiary/aromatic N) is 3. The van der Waals surface area contributed by atoms with E-state index in [0.29, 0.717) is 30.4 Å². The number of nitrogens with one attached hydrogen (secondary N) is 1. The van der Waals surface area contributed by atoms with Crippen molar-refractivity contribution in [2.24, 2.45) is 0 Å². The SMILES string of the molecule is O=C1N/C(=C\c2ccc(N3CCOCC3)o2)C(=O)N1Cc1ccc([N+](=O)[O-])cc1. The fourth-order valence-corrected chi connectivity index (χ4v) is 3.14. The fraction of sp³-hybridized carbons (Fsp3) is 0.263. The van der Waals surface area contributed by atoms with Crippen LogP contribution in [0.2, 0.25) is 0 Å². The van der Waals surface area contributed by atoms with Gasteiger partial charge in [-0.1, -0.05) is 12.1 Å². The van der Waals surface area contributed by atoms with E-state index in [2.05, 4.69) is 5.32 Å². The van der Waals surface area contributed by atoms with Crippen molar-refractivity contribution in [2.75, 3.05) is 31.2 Å². The van der Waals surface area contributed by atoms with Crippen LogP contribution in [0.5, 0.6) is 0 Å². The molecule has 2 aromatic rings. The van der Waals surface area contributed by atoms with E-state index in [1.165, 1.54) is 30.3 Å². The van der Waals surface area contributed by atoms with Crippen molar-refractivity contribution in [1.29, 1.82) is 0 Å². The number of carbonyl (C=O) groups is 2. The van der Waals surface area contributed by atoms with E-state index in [-0.39, 0.29) is 17.9 Å². The number of urea groups is 1.